The molecule has 0 spiro atoms. The summed E-state index contributed by atoms with van der Waals surface area (Å²) in [5.41, 5.74) is 9.96. The highest BCUT2D eigenvalue weighted by Crippen LogP contribution is 2.43. The second-order valence-corrected chi connectivity index (χ2v) is 8.28. The predicted octanol–water partition coefficient (Wildman–Crippen LogP) is 1.31. The minimum absolute atomic E-state index is 0.298. The molecule has 0 radical (unpaired) electrons. The fourth-order valence-electron chi connectivity index (χ4n) is 4.52. The highest BCUT2D eigenvalue weighted by molar-refractivity contribution is 6.31. The predicted molar refractivity (Wildman–Crippen MR) is 107 cm³/mol. The van der Waals surface area contributed by atoms with Crippen molar-refractivity contribution in [2.45, 2.75) is 50.2 Å². The Balaban J connectivity index is 1.47. The van der Waals surface area contributed by atoms with E-state index in [0.717, 1.165) is 34.5 Å². The van der Waals surface area contributed by atoms with Crippen LogP contribution in [0.5, 0.6) is 0 Å². The van der Waals surface area contributed by atoms with Crippen molar-refractivity contribution in [3.63, 3.8) is 0 Å². The van der Waals surface area contributed by atoms with Gasteiger partial charge in [-0.25, -0.2) is 0 Å². The molecule has 8 nitrogen and oxygen atoms in total. The molecule has 156 valence electrons. The first-order valence-corrected chi connectivity index (χ1v) is 10.2. The average molecular weight is 421 g/mol. The van der Waals surface area contributed by atoms with Gasteiger partial charge in [-0.2, -0.15) is 0 Å². The number of ether oxygens (including phenoxy) is 2. The minimum atomic E-state index is -1.10. The SMILES string of the molecule is Cc1cc2c(cc1Cl)CCO[C@H]2[C@H]1O[C@@H](n2ccc3c2NCNC3N)[C@H](O)[C@@H]1O. The van der Waals surface area contributed by atoms with Gasteiger partial charge in [0.2, 0.25) is 0 Å². The summed E-state index contributed by atoms with van der Waals surface area (Å²) in [5.74, 6) is 0.778. The van der Waals surface area contributed by atoms with E-state index >= 15 is 0 Å². The number of hydrogen-bond donors (Lipinski definition) is 5. The van der Waals surface area contributed by atoms with Crippen molar-refractivity contribution < 1.29 is 19.7 Å². The van der Waals surface area contributed by atoms with E-state index in [0.29, 0.717) is 18.3 Å². The van der Waals surface area contributed by atoms with Crippen LogP contribution < -0.4 is 16.4 Å². The van der Waals surface area contributed by atoms with Crippen LogP contribution in [0.25, 0.3) is 0 Å². The summed E-state index contributed by atoms with van der Waals surface area (Å²) in [6, 6.07) is 5.82. The van der Waals surface area contributed by atoms with Crippen molar-refractivity contribution in [1.29, 1.82) is 0 Å². The van der Waals surface area contributed by atoms with Gasteiger partial charge in [0.1, 0.15) is 30.2 Å². The van der Waals surface area contributed by atoms with E-state index in [-0.39, 0.29) is 6.17 Å². The van der Waals surface area contributed by atoms with E-state index in [1.165, 1.54) is 0 Å². The number of halogens is 1. The first kappa shape index (κ1) is 19.3. The van der Waals surface area contributed by atoms with Crippen molar-refractivity contribution in [2.24, 2.45) is 5.73 Å². The molecule has 1 saturated heterocycles. The topological polar surface area (TPSA) is 114 Å². The first-order chi connectivity index (χ1) is 14.0. The smallest absolute Gasteiger partial charge is 0.164 e. The summed E-state index contributed by atoms with van der Waals surface area (Å²) in [6.45, 7) is 2.95. The third kappa shape index (κ3) is 3.07. The van der Waals surface area contributed by atoms with Crippen molar-refractivity contribution in [3.8, 4) is 0 Å². The molecular weight excluding hydrogens is 396 g/mol. The standard InChI is InChI=1S/C20H25ClN4O4/c1-9-6-12-10(7-13(9)21)3-5-28-16(12)17-14(26)15(27)20(29-17)25-4-2-11-18(22)23-8-24-19(11)25/h2,4,6-7,14-18,20,23-24,26-27H,3,5,8,22H2,1H3/t14-,15+,16+,17-,18?,20+/m0/s1. The number of nitrogens with one attached hydrogen (secondary N) is 2. The number of anilines is 1. The van der Waals surface area contributed by atoms with Crippen LogP contribution >= 0.6 is 11.6 Å². The molecule has 0 amide bonds. The summed E-state index contributed by atoms with van der Waals surface area (Å²) in [5, 5.41) is 28.7. The maximum absolute atomic E-state index is 10.8. The van der Waals surface area contributed by atoms with E-state index in [1.54, 1.807) is 4.57 Å². The molecule has 0 aliphatic carbocycles. The van der Waals surface area contributed by atoms with Crippen molar-refractivity contribution >= 4 is 17.4 Å². The maximum atomic E-state index is 10.8. The first-order valence-electron chi connectivity index (χ1n) is 9.81. The number of benzene rings is 1. The molecule has 1 unspecified atom stereocenters. The van der Waals surface area contributed by atoms with Crippen LogP contribution in [0.15, 0.2) is 24.4 Å². The van der Waals surface area contributed by atoms with Crippen LogP contribution in [0, 0.1) is 6.92 Å². The minimum Gasteiger partial charge on any atom is -0.387 e. The zero-order chi connectivity index (χ0) is 20.3. The monoisotopic (exact) mass is 420 g/mol. The largest absolute Gasteiger partial charge is 0.387 e. The second-order valence-electron chi connectivity index (χ2n) is 7.88. The molecule has 6 N–H and O–H groups in total. The van der Waals surface area contributed by atoms with E-state index in [2.05, 4.69) is 10.6 Å². The molecule has 1 aromatic heterocycles. The van der Waals surface area contributed by atoms with Crippen LogP contribution in [0.2, 0.25) is 5.02 Å². The molecule has 3 aliphatic heterocycles. The Kier molecular flexibility index (Phi) is 4.83. The van der Waals surface area contributed by atoms with Crippen molar-refractivity contribution in [1.82, 2.24) is 9.88 Å². The van der Waals surface area contributed by atoms with E-state index < -0.39 is 30.6 Å². The van der Waals surface area contributed by atoms with E-state index in [9.17, 15) is 10.2 Å². The van der Waals surface area contributed by atoms with Crippen LogP contribution in [0.4, 0.5) is 5.82 Å². The average Bonchev–Trinajstić information content (AvgIpc) is 3.25. The highest BCUT2D eigenvalue weighted by Gasteiger charge is 2.49. The lowest BCUT2D eigenvalue weighted by molar-refractivity contribution is -0.113. The Hall–Kier alpha value is -1.65. The summed E-state index contributed by atoms with van der Waals surface area (Å²) in [6.07, 6.45) is -1.87. The summed E-state index contributed by atoms with van der Waals surface area (Å²) >= 11 is 6.29. The van der Waals surface area contributed by atoms with Gasteiger partial charge < -0.3 is 35.3 Å². The number of aryl methyl sites for hydroxylation is 1. The van der Waals surface area contributed by atoms with Gasteiger partial charge in [-0.1, -0.05) is 17.7 Å². The molecule has 3 aliphatic rings. The van der Waals surface area contributed by atoms with Gasteiger partial charge in [0, 0.05) is 16.8 Å². The van der Waals surface area contributed by atoms with E-state index in [4.69, 9.17) is 26.8 Å². The zero-order valence-corrected chi connectivity index (χ0v) is 16.8. The number of aliphatic hydroxyl groups is 2. The highest BCUT2D eigenvalue weighted by atomic mass is 35.5. The summed E-state index contributed by atoms with van der Waals surface area (Å²) in [4.78, 5) is 0. The van der Waals surface area contributed by atoms with Gasteiger partial charge in [0.15, 0.2) is 6.23 Å². The number of aliphatic hydroxyl groups excluding tert-OH is 2. The van der Waals surface area contributed by atoms with Crippen molar-refractivity contribution in [3.05, 3.63) is 51.7 Å². The molecule has 0 bridgehead atoms. The molecule has 1 aromatic carbocycles. The van der Waals surface area contributed by atoms with Gasteiger partial charge in [0.05, 0.1) is 19.4 Å². The second kappa shape index (κ2) is 7.24. The van der Waals surface area contributed by atoms with Gasteiger partial charge in [-0.05, 0) is 42.2 Å². The molecule has 5 rings (SSSR count). The molecule has 0 saturated carbocycles. The van der Waals surface area contributed by atoms with Gasteiger partial charge in [-0.15, -0.1) is 0 Å². The van der Waals surface area contributed by atoms with Crippen LogP contribution in [0.1, 0.15) is 40.8 Å². The Labute approximate surface area is 173 Å². The van der Waals surface area contributed by atoms with Crippen molar-refractivity contribution in [2.75, 3.05) is 18.6 Å². The van der Waals surface area contributed by atoms with E-state index in [1.807, 2.05) is 31.3 Å². The lowest BCUT2D eigenvalue weighted by atomic mass is 9.90. The van der Waals surface area contributed by atoms with Crippen LogP contribution in [0.3, 0.4) is 0 Å². The number of hydrogen-bond acceptors (Lipinski definition) is 7. The lowest BCUT2D eigenvalue weighted by Gasteiger charge is -2.32. The quantitative estimate of drug-likeness (QED) is 0.497. The molecule has 9 heteroatoms. The van der Waals surface area contributed by atoms with Gasteiger partial charge in [0.25, 0.3) is 0 Å². The van der Waals surface area contributed by atoms with Crippen LogP contribution in [-0.4, -0.2) is 46.4 Å². The lowest BCUT2D eigenvalue weighted by Crippen LogP contribution is -2.39. The number of nitrogens with zero attached hydrogens (tertiary/aromatic N) is 1. The third-order valence-electron chi connectivity index (χ3n) is 6.10. The Morgan fingerprint density at radius 3 is 2.90 bits per heavy atom. The number of aromatic nitrogens is 1. The summed E-state index contributed by atoms with van der Waals surface area (Å²) < 4.78 is 14.0. The number of nitrogens with two attached hydrogens (primary N) is 1. The Morgan fingerprint density at radius 2 is 2.07 bits per heavy atom. The molecular formula is C20H25ClN4O4. The third-order valence-corrected chi connectivity index (χ3v) is 6.51. The maximum Gasteiger partial charge on any atom is 0.164 e. The number of rotatable bonds is 2. The molecule has 1 fully saturated rings. The fourth-order valence-corrected chi connectivity index (χ4v) is 4.71. The molecule has 4 heterocycles. The molecule has 29 heavy (non-hydrogen) atoms. The zero-order valence-electron chi connectivity index (χ0n) is 16.0. The Morgan fingerprint density at radius 1 is 1.24 bits per heavy atom. The van der Waals surface area contributed by atoms with Gasteiger partial charge in [-0.3, -0.25) is 5.32 Å². The van der Waals surface area contributed by atoms with Gasteiger partial charge >= 0.3 is 0 Å². The molecule has 2 aromatic rings. The molecule has 6 atom stereocenters. The summed E-state index contributed by atoms with van der Waals surface area (Å²) in [7, 11) is 0. The Bertz CT molecular complexity index is 935. The van der Waals surface area contributed by atoms with Crippen LogP contribution in [-0.2, 0) is 15.9 Å². The number of fused-ring (bicyclic) bond motifs is 2. The normalized spacial score (nSPS) is 33.8. The fraction of sp³-hybridized carbons (Fsp3) is 0.500.